The summed E-state index contributed by atoms with van der Waals surface area (Å²) in [5, 5.41) is 2.74. The van der Waals surface area contributed by atoms with Crippen molar-refractivity contribution in [2.45, 2.75) is 0 Å². The molecule has 1 aromatic heterocycles. The van der Waals surface area contributed by atoms with Crippen LogP contribution in [0.25, 0.3) is 10.1 Å². The molecule has 3 rings (SSSR count). The van der Waals surface area contributed by atoms with E-state index in [0.717, 1.165) is 22.2 Å². The summed E-state index contributed by atoms with van der Waals surface area (Å²) in [5.74, 6) is -2.29. The van der Waals surface area contributed by atoms with Gasteiger partial charge < -0.3 is 0 Å². The van der Waals surface area contributed by atoms with Gasteiger partial charge in [0.25, 0.3) is 0 Å². The van der Waals surface area contributed by atoms with E-state index in [1.165, 1.54) is 17.4 Å². The summed E-state index contributed by atoms with van der Waals surface area (Å²) in [7, 11) is 0. The van der Waals surface area contributed by atoms with Gasteiger partial charge in [0.2, 0.25) is 0 Å². The molecule has 0 saturated carbocycles. The van der Waals surface area contributed by atoms with E-state index in [1.807, 2.05) is 17.5 Å². The van der Waals surface area contributed by atoms with Crippen molar-refractivity contribution in [3.8, 4) is 0 Å². The van der Waals surface area contributed by atoms with Crippen molar-refractivity contribution in [2.75, 3.05) is 0 Å². The highest BCUT2D eigenvalue weighted by Gasteiger charge is 2.20. The second-order valence-electron chi connectivity index (χ2n) is 4.07. The summed E-state index contributed by atoms with van der Waals surface area (Å²) < 4.78 is 28.1. The first-order chi connectivity index (χ1) is 9.18. The number of fused-ring (bicyclic) bond motifs is 1. The Hall–Kier alpha value is -2.07. The van der Waals surface area contributed by atoms with Crippen LogP contribution >= 0.6 is 11.3 Å². The van der Waals surface area contributed by atoms with E-state index < -0.39 is 23.0 Å². The molecule has 0 spiro atoms. The second-order valence-corrected chi connectivity index (χ2v) is 4.99. The van der Waals surface area contributed by atoms with E-state index >= 15 is 0 Å². The van der Waals surface area contributed by atoms with Crippen molar-refractivity contribution in [3.63, 3.8) is 0 Å². The van der Waals surface area contributed by atoms with Crippen LogP contribution in [-0.2, 0) is 0 Å². The number of hydrogen-bond acceptors (Lipinski definition) is 2. The third-order valence-electron chi connectivity index (χ3n) is 2.91. The predicted molar refractivity (Wildman–Crippen MR) is 71.6 cm³/mol. The number of halogens is 2. The Kier molecular flexibility index (Phi) is 2.87. The molecular formula is C15H8F2OS. The number of rotatable bonds is 2. The zero-order valence-electron chi connectivity index (χ0n) is 9.69. The average molecular weight is 274 g/mol. The molecule has 0 amide bonds. The minimum atomic E-state index is -0.835. The van der Waals surface area contributed by atoms with Gasteiger partial charge in [-0.1, -0.05) is 18.2 Å². The van der Waals surface area contributed by atoms with Crippen LogP contribution in [0.5, 0.6) is 0 Å². The zero-order chi connectivity index (χ0) is 13.4. The lowest BCUT2D eigenvalue weighted by atomic mass is 10.0. The molecule has 4 heteroatoms. The number of benzene rings is 2. The van der Waals surface area contributed by atoms with Crippen LogP contribution in [0.3, 0.4) is 0 Å². The summed E-state index contributed by atoms with van der Waals surface area (Å²) >= 11 is 1.38. The maximum absolute atomic E-state index is 13.7. The highest BCUT2D eigenvalue weighted by molar-refractivity contribution is 7.17. The maximum atomic E-state index is 13.7. The first-order valence-corrected chi connectivity index (χ1v) is 6.51. The van der Waals surface area contributed by atoms with Gasteiger partial charge in [-0.3, -0.25) is 4.79 Å². The first-order valence-electron chi connectivity index (χ1n) is 5.63. The molecular weight excluding hydrogens is 266 g/mol. The molecule has 0 saturated heterocycles. The smallest absolute Gasteiger partial charge is 0.200 e. The summed E-state index contributed by atoms with van der Waals surface area (Å²) in [6.07, 6.45) is 0. The van der Waals surface area contributed by atoms with Crippen molar-refractivity contribution in [1.29, 1.82) is 0 Å². The topological polar surface area (TPSA) is 17.1 Å². The monoisotopic (exact) mass is 274 g/mol. The quantitative estimate of drug-likeness (QED) is 0.633. The molecule has 94 valence electrons. The third kappa shape index (κ3) is 1.94. The number of carbonyl (C=O) groups excluding carboxylic acids is 1. The molecule has 0 N–H and O–H groups in total. The molecule has 0 radical (unpaired) electrons. The molecule has 3 aromatic rings. The minimum Gasteiger partial charge on any atom is -0.288 e. The fourth-order valence-electron chi connectivity index (χ4n) is 2.02. The predicted octanol–water partition coefficient (Wildman–Crippen LogP) is 4.41. The van der Waals surface area contributed by atoms with Gasteiger partial charge in [0.15, 0.2) is 5.78 Å². The van der Waals surface area contributed by atoms with Crippen LogP contribution in [0.4, 0.5) is 8.78 Å². The Labute approximate surface area is 112 Å². The Bertz CT molecular complexity index is 756. The van der Waals surface area contributed by atoms with Gasteiger partial charge in [-0.15, -0.1) is 11.3 Å². The van der Waals surface area contributed by atoms with Gasteiger partial charge in [0, 0.05) is 10.3 Å². The second kappa shape index (κ2) is 4.55. The Balaban J connectivity index is 2.22. The highest BCUT2D eigenvalue weighted by atomic mass is 32.1. The minimum absolute atomic E-state index is 0.330. The number of hydrogen-bond donors (Lipinski definition) is 0. The van der Waals surface area contributed by atoms with E-state index in [4.69, 9.17) is 0 Å². The Morgan fingerprint density at radius 1 is 0.947 bits per heavy atom. The summed E-state index contributed by atoms with van der Waals surface area (Å²) in [6.45, 7) is 0. The highest BCUT2D eigenvalue weighted by Crippen LogP contribution is 2.27. The molecule has 0 bridgehead atoms. The molecule has 0 atom stereocenters. The molecule has 1 heterocycles. The average Bonchev–Trinajstić information content (AvgIpc) is 2.86. The normalized spacial score (nSPS) is 10.8. The maximum Gasteiger partial charge on any atom is 0.200 e. The van der Waals surface area contributed by atoms with Crippen molar-refractivity contribution < 1.29 is 13.6 Å². The fourth-order valence-corrected chi connectivity index (χ4v) is 2.93. The number of carbonyl (C=O) groups is 1. The van der Waals surface area contributed by atoms with E-state index in [9.17, 15) is 13.6 Å². The Morgan fingerprint density at radius 3 is 2.37 bits per heavy atom. The molecule has 0 aliphatic rings. The van der Waals surface area contributed by atoms with Crippen molar-refractivity contribution in [3.05, 3.63) is 70.6 Å². The summed E-state index contributed by atoms with van der Waals surface area (Å²) in [4.78, 5) is 12.3. The molecule has 0 unspecified atom stereocenters. The molecule has 1 nitrogen and oxygen atoms in total. The fraction of sp³-hybridized carbons (Fsp3) is 0. The van der Waals surface area contributed by atoms with Gasteiger partial charge in [0.1, 0.15) is 11.6 Å². The number of ketones is 1. The van der Waals surface area contributed by atoms with Crippen molar-refractivity contribution in [1.82, 2.24) is 0 Å². The van der Waals surface area contributed by atoms with Crippen molar-refractivity contribution in [2.24, 2.45) is 0 Å². The van der Waals surface area contributed by atoms with E-state index in [0.29, 0.717) is 5.56 Å². The third-order valence-corrected chi connectivity index (χ3v) is 3.88. The molecule has 0 aliphatic carbocycles. The van der Waals surface area contributed by atoms with Gasteiger partial charge in [-0.2, -0.15) is 0 Å². The lowest BCUT2D eigenvalue weighted by Gasteiger charge is -2.05. The van der Waals surface area contributed by atoms with Crippen LogP contribution in [0.15, 0.2) is 47.8 Å². The lowest BCUT2D eigenvalue weighted by molar-refractivity contribution is 0.103. The summed E-state index contributed by atoms with van der Waals surface area (Å²) in [5.41, 5.74) is -0.167. The number of thiophene rings is 1. The SMILES string of the molecule is O=C(c1c(F)cccc1F)c1cccc2ccsc12. The van der Waals surface area contributed by atoms with Crippen LogP contribution in [-0.4, -0.2) is 5.78 Å². The largest absolute Gasteiger partial charge is 0.288 e. The molecule has 19 heavy (non-hydrogen) atoms. The van der Waals surface area contributed by atoms with Crippen molar-refractivity contribution >= 4 is 27.2 Å². The molecule has 2 aromatic carbocycles. The van der Waals surface area contributed by atoms with Crippen LogP contribution in [0, 0.1) is 11.6 Å². The van der Waals surface area contributed by atoms with Gasteiger partial charge in [-0.25, -0.2) is 8.78 Å². The van der Waals surface area contributed by atoms with Gasteiger partial charge in [-0.05, 0) is 35.0 Å². The molecule has 0 aliphatic heterocycles. The first kappa shape index (κ1) is 12.0. The summed E-state index contributed by atoms with van der Waals surface area (Å²) in [6, 6.07) is 10.5. The van der Waals surface area contributed by atoms with E-state index in [1.54, 1.807) is 12.1 Å². The zero-order valence-corrected chi connectivity index (χ0v) is 10.5. The van der Waals surface area contributed by atoms with E-state index in [2.05, 4.69) is 0 Å². The van der Waals surface area contributed by atoms with Gasteiger partial charge in [0.05, 0.1) is 5.56 Å². The Morgan fingerprint density at radius 2 is 1.63 bits per heavy atom. The van der Waals surface area contributed by atoms with Crippen LogP contribution in [0.2, 0.25) is 0 Å². The lowest BCUT2D eigenvalue weighted by Crippen LogP contribution is -2.07. The van der Waals surface area contributed by atoms with Gasteiger partial charge >= 0.3 is 0 Å². The van der Waals surface area contributed by atoms with Crippen LogP contribution < -0.4 is 0 Å². The van der Waals surface area contributed by atoms with Crippen LogP contribution in [0.1, 0.15) is 15.9 Å². The standard InChI is InChI=1S/C15H8F2OS/c16-11-5-2-6-12(17)13(11)14(18)10-4-1-3-9-7-8-19-15(9)10/h1-8H. The van der Waals surface area contributed by atoms with E-state index in [-0.39, 0.29) is 0 Å². The molecule has 0 fully saturated rings.